The average molecular weight is 376 g/mol. The van der Waals surface area contributed by atoms with Gasteiger partial charge in [0.15, 0.2) is 16.6 Å². The SMILES string of the molecule is CC(Sc1nnc2ccccn12)C(=O)c1ccc(NS(C)(=O)=O)cc1. The zero-order chi connectivity index (χ0) is 18.0. The molecule has 0 aliphatic rings. The third kappa shape index (κ3) is 4.18. The number of carbonyl (C=O) groups excluding carboxylic acids is 1. The van der Waals surface area contributed by atoms with Gasteiger partial charge in [-0.3, -0.25) is 13.9 Å². The van der Waals surface area contributed by atoms with Crippen molar-refractivity contribution in [3.8, 4) is 0 Å². The second-order valence-electron chi connectivity index (χ2n) is 5.49. The van der Waals surface area contributed by atoms with Gasteiger partial charge in [0.2, 0.25) is 10.0 Å². The highest BCUT2D eigenvalue weighted by Crippen LogP contribution is 2.25. The third-order valence-corrected chi connectivity index (χ3v) is 5.07. The van der Waals surface area contributed by atoms with Gasteiger partial charge in [0.1, 0.15) is 0 Å². The first-order valence-corrected chi connectivity index (χ1v) is 10.2. The molecule has 3 aromatic rings. The van der Waals surface area contributed by atoms with Crippen molar-refractivity contribution in [3.63, 3.8) is 0 Å². The van der Waals surface area contributed by atoms with E-state index < -0.39 is 10.0 Å². The van der Waals surface area contributed by atoms with Crippen molar-refractivity contribution in [2.24, 2.45) is 0 Å². The summed E-state index contributed by atoms with van der Waals surface area (Å²) in [6.45, 7) is 1.81. The van der Waals surface area contributed by atoms with E-state index >= 15 is 0 Å². The molecule has 0 spiro atoms. The molecule has 1 atom stereocenters. The van der Waals surface area contributed by atoms with Crippen molar-refractivity contribution in [1.82, 2.24) is 14.6 Å². The number of hydrogen-bond donors (Lipinski definition) is 1. The summed E-state index contributed by atoms with van der Waals surface area (Å²) >= 11 is 1.33. The van der Waals surface area contributed by atoms with Crippen LogP contribution in [0.3, 0.4) is 0 Å². The molecule has 2 heterocycles. The summed E-state index contributed by atoms with van der Waals surface area (Å²) in [4.78, 5) is 12.6. The largest absolute Gasteiger partial charge is 0.293 e. The van der Waals surface area contributed by atoms with Crippen LogP contribution < -0.4 is 4.72 Å². The summed E-state index contributed by atoms with van der Waals surface area (Å²) in [6, 6.07) is 11.9. The van der Waals surface area contributed by atoms with Crippen LogP contribution in [0.15, 0.2) is 53.8 Å². The predicted molar refractivity (Wildman–Crippen MR) is 97.5 cm³/mol. The number of Topliss-reactive ketones (excluding diaryl/α,β-unsaturated/α-hetero) is 1. The van der Waals surface area contributed by atoms with E-state index in [9.17, 15) is 13.2 Å². The maximum absolute atomic E-state index is 12.6. The van der Waals surface area contributed by atoms with E-state index in [1.165, 1.54) is 11.8 Å². The third-order valence-electron chi connectivity index (χ3n) is 3.41. The normalized spacial score (nSPS) is 12.9. The number of carbonyl (C=O) groups is 1. The number of anilines is 1. The number of sulfonamides is 1. The number of hydrogen-bond acceptors (Lipinski definition) is 6. The highest BCUT2D eigenvalue weighted by atomic mass is 32.2. The molecule has 130 valence electrons. The van der Waals surface area contributed by atoms with Crippen LogP contribution in [0.25, 0.3) is 5.65 Å². The molecule has 1 N–H and O–H groups in total. The van der Waals surface area contributed by atoms with Gasteiger partial charge in [0.05, 0.1) is 11.5 Å². The number of ketones is 1. The van der Waals surface area contributed by atoms with Gasteiger partial charge in [0, 0.05) is 17.4 Å². The lowest BCUT2D eigenvalue weighted by Crippen LogP contribution is -2.14. The lowest BCUT2D eigenvalue weighted by Gasteiger charge is -2.10. The van der Waals surface area contributed by atoms with Crippen molar-refractivity contribution in [2.75, 3.05) is 11.0 Å². The van der Waals surface area contributed by atoms with Crippen molar-refractivity contribution < 1.29 is 13.2 Å². The Morgan fingerprint density at radius 3 is 2.56 bits per heavy atom. The Balaban J connectivity index is 1.74. The smallest absolute Gasteiger partial charge is 0.229 e. The second-order valence-corrected chi connectivity index (χ2v) is 8.54. The van der Waals surface area contributed by atoms with Gasteiger partial charge in [0.25, 0.3) is 0 Å². The highest BCUT2D eigenvalue weighted by molar-refractivity contribution is 8.00. The Morgan fingerprint density at radius 1 is 1.16 bits per heavy atom. The number of nitrogens with zero attached hydrogens (tertiary/aromatic N) is 3. The number of fused-ring (bicyclic) bond motifs is 1. The number of benzene rings is 1. The minimum atomic E-state index is -3.34. The van der Waals surface area contributed by atoms with E-state index in [2.05, 4.69) is 14.9 Å². The van der Waals surface area contributed by atoms with Crippen LogP contribution in [-0.4, -0.2) is 40.3 Å². The van der Waals surface area contributed by atoms with E-state index in [1.54, 1.807) is 31.2 Å². The molecule has 0 aliphatic heterocycles. The number of aromatic nitrogens is 3. The van der Waals surface area contributed by atoms with Crippen LogP contribution in [0.1, 0.15) is 17.3 Å². The first-order valence-electron chi connectivity index (χ1n) is 7.42. The molecule has 0 fully saturated rings. The molecule has 25 heavy (non-hydrogen) atoms. The van der Waals surface area contributed by atoms with Gasteiger partial charge in [-0.1, -0.05) is 17.8 Å². The average Bonchev–Trinajstić information content (AvgIpc) is 2.96. The number of nitrogens with one attached hydrogen (secondary N) is 1. The standard InChI is InChI=1S/C16H16N4O3S2/c1-11(24-16-18-17-14-5-3-4-10-20(14)16)15(21)12-6-8-13(9-7-12)19-25(2,22)23/h3-11,19H,1-2H3. The van der Waals surface area contributed by atoms with Crippen molar-refractivity contribution in [2.45, 2.75) is 17.3 Å². The van der Waals surface area contributed by atoms with Gasteiger partial charge in [-0.25, -0.2) is 8.42 Å². The molecular formula is C16H16N4O3S2. The molecule has 0 radical (unpaired) electrons. The number of pyridine rings is 1. The molecular weight excluding hydrogens is 360 g/mol. The summed E-state index contributed by atoms with van der Waals surface area (Å²) in [5.41, 5.74) is 1.65. The fourth-order valence-corrected chi connectivity index (χ4v) is 3.74. The zero-order valence-corrected chi connectivity index (χ0v) is 15.2. The van der Waals surface area contributed by atoms with Crippen molar-refractivity contribution >= 4 is 38.9 Å². The maximum Gasteiger partial charge on any atom is 0.229 e. The Kier molecular flexibility index (Phi) is 4.78. The van der Waals surface area contributed by atoms with Gasteiger partial charge < -0.3 is 0 Å². The second kappa shape index (κ2) is 6.85. The molecule has 0 saturated carbocycles. The molecule has 0 bridgehead atoms. The number of rotatable bonds is 6. The van der Waals surface area contributed by atoms with E-state index in [1.807, 2.05) is 28.8 Å². The topological polar surface area (TPSA) is 93.4 Å². The Hall–Kier alpha value is -2.39. The lowest BCUT2D eigenvalue weighted by atomic mass is 10.1. The van der Waals surface area contributed by atoms with Gasteiger partial charge in [-0.2, -0.15) is 0 Å². The minimum Gasteiger partial charge on any atom is -0.293 e. The zero-order valence-electron chi connectivity index (χ0n) is 13.6. The fraction of sp³-hybridized carbons (Fsp3) is 0.188. The molecule has 7 nitrogen and oxygen atoms in total. The van der Waals surface area contributed by atoms with Gasteiger partial charge >= 0.3 is 0 Å². The predicted octanol–water partition coefficient (Wildman–Crippen LogP) is 2.46. The van der Waals surface area contributed by atoms with Crippen LogP contribution in [-0.2, 0) is 10.0 Å². The Bertz CT molecular complexity index is 1010. The molecule has 3 rings (SSSR count). The van der Waals surface area contributed by atoms with Crippen LogP contribution in [0.4, 0.5) is 5.69 Å². The van der Waals surface area contributed by atoms with E-state index in [0.29, 0.717) is 16.4 Å². The first kappa shape index (κ1) is 17.4. The molecule has 0 amide bonds. The van der Waals surface area contributed by atoms with Crippen LogP contribution in [0.2, 0.25) is 0 Å². The van der Waals surface area contributed by atoms with Crippen LogP contribution in [0, 0.1) is 0 Å². The Labute approximate surface area is 149 Å². The molecule has 1 aromatic carbocycles. The molecule has 0 saturated heterocycles. The van der Waals surface area contributed by atoms with Gasteiger partial charge in [-0.05, 0) is 43.3 Å². The highest BCUT2D eigenvalue weighted by Gasteiger charge is 2.19. The van der Waals surface area contributed by atoms with E-state index in [4.69, 9.17) is 0 Å². The summed E-state index contributed by atoms with van der Waals surface area (Å²) in [5.74, 6) is -0.0661. The van der Waals surface area contributed by atoms with E-state index in [-0.39, 0.29) is 11.0 Å². The lowest BCUT2D eigenvalue weighted by molar-refractivity contribution is 0.0994. The van der Waals surface area contributed by atoms with Crippen LogP contribution >= 0.6 is 11.8 Å². The summed E-state index contributed by atoms with van der Waals surface area (Å²) < 4.78 is 26.6. The fourth-order valence-electron chi connectivity index (χ4n) is 2.26. The van der Waals surface area contributed by atoms with Gasteiger partial charge in [-0.15, -0.1) is 10.2 Å². The minimum absolute atomic E-state index is 0.0661. The van der Waals surface area contributed by atoms with Crippen molar-refractivity contribution in [3.05, 3.63) is 54.2 Å². The number of thioether (sulfide) groups is 1. The summed E-state index contributed by atoms with van der Waals surface area (Å²) in [5, 5.41) is 8.46. The first-order chi connectivity index (χ1) is 11.8. The summed E-state index contributed by atoms with van der Waals surface area (Å²) in [6.07, 6.45) is 2.92. The summed E-state index contributed by atoms with van der Waals surface area (Å²) in [7, 11) is -3.34. The molecule has 0 aliphatic carbocycles. The Morgan fingerprint density at radius 2 is 1.88 bits per heavy atom. The van der Waals surface area contributed by atoms with E-state index in [0.717, 1.165) is 11.9 Å². The van der Waals surface area contributed by atoms with Crippen LogP contribution in [0.5, 0.6) is 0 Å². The quantitative estimate of drug-likeness (QED) is 0.525. The molecule has 2 aromatic heterocycles. The molecule has 9 heteroatoms. The monoisotopic (exact) mass is 376 g/mol. The molecule has 1 unspecified atom stereocenters. The maximum atomic E-state index is 12.6. The van der Waals surface area contributed by atoms with Crippen molar-refractivity contribution in [1.29, 1.82) is 0 Å².